The summed E-state index contributed by atoms with van der Waals surface area (Å²) in [6.07, 6.45) is 5.80. The van der Waals surface area contributed by atoms with Gasteiger partial charge in [0.2, 0.25) is 5.91 Å². The van der Waals surface area contributed by atoms with Gasteiger partial charge in [-0.05, 0) is 25.0 Å². The van der Waals surface area contributed by atoms with Crippen molar-refractivity contribution in [1.29, 1.82) is 0 Å². The summed E-state index contributed by atoms with van der Waals surface area (Å²) in [6.45, 7) is 3.12. The van der Waals surface area contributed by atoms with Gasteiger partial charge >= 0.3 is 0 Å². The summed E-state index contributed by atoms with van der Waals surface area (Å²) in [5.41, 5.74) is 3.81. The molecule has 0 N–H and O–H groups in total. The molecule has 3 aromatic rings. The van der Waals surface area contributed by atoms with Gasteiger partial charge < -0.3 is 9.80 Å². The molecule has 0 radical (unpaired) electrons. The van der Waals surface area contributed by atoms with Gasteiger partial charge in [-0.25, -0.2) is 9.97 Å². The van der Waals surface area contributed by atoms with E-state index in [0.717, 1.165) is 67.1 Å². The number of carbonyl (C=O) groups excluding carboxylic acids is 1. The first-order chi connectivity index (χ1) is 14.8. The minimum atomic E-state index is 0.241. The summed E-state index contributed by atoms with van der Waals surface area (Å²) < 4.78 is 0. The molecule has 5 nitrogen and oxygen atoms in total. The highest BCUT2D eigenvalue weighted by molar-refractivity contribution is 5.84. The van der Waals surface area contributed by atoms with Crippen molar-refractivity contribution in [2.24, 2.45) is 5.92 Å². The van der Waals surface area contributed by atoms with Gasteiger partial charge in [-0.2, -0.15) is 0 Å². The third-order valence-corrected chi connectivity index (χ3v) is 6.44. The maximum atomic E-state index is 12.9. The van der Waals surface area contributed by atoms with Crippen molar-refractivity contribution in [1.82, 2.24) is 14.9 Å². The first-order valence-corrected chi connectivity index (χ1v) is 11.2. The van der Waals surface area contributed by atoms with Crippen LogP contribution in [0.3, 0.4) is 0 Å². The van der Waals surface area contributed by atoms with Gasteiger partial charge in [0.25, 0.3) is 0 Å². The minimum Gasteiger partial charge on any atom is -0.351 e. The van der Waals surface area contributed by atoms with Crippen LogP contribution >= 0.6 is 0 Å². The molecule has 0 unspecified atom stereocenters. The van der Waals surface area contributed by atoms with Crippen LogP contribution in [0, 0.1) is 5.92 Å². The van der Waals surface area contributed by atoms with Crippen molar-refractivity contribution < 1.29 is 4.79 Å². The van der Waals surface area contributed by atoms with Gasteiger partial charge in [0.1, 0.15) is 5.69 Å². The van der Waals surface area contributed by atoms with E-state index in [1.165, 1.54) is 19.3 Å². The number of piperazine rings is 1. The molecule has 30 heavy (non-hydrogen) atoms. The number of amides is 1. The molecule has 1 saturated carbocycles. The molecule has 1 amide bonds. The van der Waals surface area contributed by atoms with Crippen LogP contribution in [0.5, 0.6) is 0 Å². The normalized spacial score (nSPS) is 18.0. The molecule has 0 spiro atoms. The van der Waals surface area contributed by atoms with E-state index >= 15 is 0 Å². The number of hydrogen-bond acceptors (Lipinski definition) is 4. The van der Waals surface area contributed by atoms with Crippen LogP contribution in [-0.2, 0) is 4.79 Å². The third kappa shape index (κ3) is 3.76. The quantitative estimate of drug-likeness (QED) is 0.648. The number of fused-ring (bicyclic) bond motifs is 1. The average molecular weight is 401 g/mol. The van der Waals surface area contributed by atoms with Crippen LogP contribution in [0.25, 0.3) is 22.3 Å². The Balaban J connectivity index is 1.40. The summed E-state index contributed by atoms with van der Waals surface area (Å²) >= 11 is 0. The van der Waals surface area contributed by atoms with E-state index in [9.17, 15) is 4.79 Å². The number of benzene rings is 2. The second-order valence-electron chi connectivity index (χ2n) is 8.40. The Kier molecular flexibility index (Phi) is 5.35. The maximum Gasteiger partial charge on any atom is 0.225 e. The Labute approximate surface area is 177 Å². The number of aromatic nitrogens is 2. The van der Waals surface area contributed by atoms with Gasteiger partial charge in [-0.3, -0.25) is 4.79 Å². The molecule has 1 aliphatic heterocycles. The predicted molar refractivity (Wildman–Crippen MR) is 120 cm³/mol. The third-order valence-electron chi connectivity index (χ3n) is 6.44. The molecule has 2 heterocycles. The summed E-state index contributed by atoms with van der Waals surface area (Å²) in [5.74, 6) is 1.53. The average Bonchev–Trinajstić information content (AvgIpc) is 2.84. The lowest BCUT2D eigenvalue weighted by molar-refractivity contribution is -0.136. The lowest BCUT2D eigenvalue weighted by Crippen LogP contribution is -2.51. The second kappa shape index (κ2) is 8.42. The molecule has 154 valence electrons. The second-order valence-corrected chi connectivity index (χ2v) is 8.40. The number of anilines is 1. The van der Waals surface area contributed by atoms with Crippen molar-refractivity contribution >= 4 is 22.8 Å². The topological polar surface area (TPSA) is 49.3 Å². The molecule has 0 atom stereocenters. The van der Waals surface area contributed by atoms with Gasteiger partial charge in [0, 0.05) is 37.7 Å². The molecular formula is C25H28N4O. The molecule has 1 aliphatic carbocycles. The molecule has 0 bridgehead atoms. The number of rotatable bonds is 3. The Bertz CT molecular complexity index is 1020. The van der Waals surface area contributed by atoms with Crippen LogP contribution in [0.2, 0.25) is 0 Å². The number of hydrogen-bond donors (Lipinski definition) is 0. The molecule has 5 heteroatoms. The SMILES string of the molecule is O=C(C1CCCCC1)N1CCN(c2nc3ccccc3nc2-c2ccccc2)CC1. The molecule has 1 aromatic heterocycles. The van der Waals surface area contributed by atoms with Gasteiger partial charge in [0.15, 0.2) is 5.82 Å². The molecule has 2 fully saturated rings. The maximum absolute atomic E-state index is 12.9. The van der Waals surface area contributed by atoms with E-state index in [1.54, 1.807) is 0 Å². The van der Waals surface area contributed by atoms with Crippen molar-refractivity contribution in [2.45, 2.75) is 32.1 Å². The van der Waals surface area contributed by atoms with Crippen molar-refractivity contribution in [2.75, 3.05) is 31.1 Å². The minimum absolute atomic E-state index is 0.241. The summed E-state index contributed by atoms with van der Waals surface area (Å²) in [7, 11) is 0. The standard InChI is InChI=1S/C25H28N4O/c30-25(20-11-5-2-6-12-20)29-17-15-28(16-18-29)24-23(19-9-3-1-4-10-19)26-21-13-7-8-14-22(21)27-24/h1,3-4,7-10,13-14,20H,2,5-6,11-12,15-18H2. The van der Waals surface area contributed by atoms with Crippen molar-refractivity contribution in [3.8, 4) is 11.3 Å². The van der Waals surface area contributed by atoms with Crippen LogP contribution in [0.4, 0.5) is 5.82 Å². The molecular weight excluding hydrogens is 372 g/mol. The fraction of sp³-hybridized carbons (Fsp3) is 0.400. The first kappa shape index (κ1) is 19.0. The zero-order chi connectivity index (χ0) is 20.3. The van der Waals surface area contributed by atoms with Gasteiger partial charge in [-0.1, -0.05) is 61.7 Å². The van der Waals surface area contributed by atoms with Gasteiger partial charge in [-0.15, -0.1) is 0 Å². The summed E-state index contributed by atoms with van der Waals surface area (Å²) in [6, 6.07) is 18.3. The fourth-order valence-corrected chi connectivity index (χ4v) is 4.75. The smallest absolute Gasteiger partial charge is 0.225 e. The molecule has 1 saturated heterocycles. The number of carbonyl (C=O) groups is 1. The Hall–Kier alpha value is -2.95. The van der Waals surface area contributed by atoms with E-state index in [-0.39, 0.29) is 5.92 Å². The van der Waals surface area contributed by atoms with Crippen LogP contribution in [0.15, 0.2) is 54.6 Å². The van der Waals surface area contributed by atoms with Crippen molar-refractivity contribution in [3.05, 3.63) is 54.6 Å². The fourth-order valence-electron chi connectivity index (χ4n) is 4.75. The zero-order valence-electron chi connectivity index (χ0n) is 17.3. The summed E-state index contributed by atoms with van der Waals surface area (Å²) in [5, 5.41) is 0. The van der Waals surface area contributed by atoms with Crippen LogP contribution < -0.4 is 4.90 Å². The lowest BCUT2D eigenvalue weighted by atomic mass is 9.88. The lowest BCUT2D eigenvalue weighted by Gasteiger charge is -2.38. The highest BCUT2D eigenvalue weighted by atomic mass is 16.2. The highest BCUT2D eigenvalue weighted by Crippen LogP contribution is 2.31. The zero-order valence-corrected chi connectivity index (χ0v) is 17.3. The Morgan fingerprint density at radius 2 is 1.40 bits per heavy atom. The Morgan fingerprint density at radius 3 is 2.10 bits per heavy atom. The first-order valence-electron chi connectivity index (χ1n) is 11.2. The number of nitrogens with zero attached hydrogens (tertiary/aromatic N) is 4. The monoisotopic (exact) mass is 400 g/mol. The van der Waals surface area contributed by atoms with E-state index in [0.29, 0.717) is 5.91 Å². The van der Waals surface area contributed by atoms with E-state index in [1.807, 2.05) is 42.5 Å². The molecule has 2 aromatic carbocycles. The van der Waals surface area contributed by atoms with E-state index in [2.05, 4.69) is 21.9 Å². The van der Waals surface area contributed by atoms with E-state index in [4.69, 9.17) is 9.97 Å². The van der Waals surface area contributed by atoms with Crippen molar-refractivity contribution in [3.63, 3.8) is 0 Å². The summed E-state index contributed by atoms with van der Waals surface area (Å²) in [4.78, 5) is 27.3. The van der Waals surface area contributed by atoms with E-state index < -0.39 is 0 Å². The van der Waals surface area contributed by atoms with Crippen LogP contribution in [-0.4, -0.2) is 47.0 Å². The largest absolute Gasteiger partial charge is 0.351 e. The Morgan fingerprint density at radius 1 is 0.767 bits per heavy atom. The van der Waals surface area contributed by atoms with Crippen LogP contribution in [0.1, 0.15) is 32.1 Å². The number of para-hydroxylation sites is 2. The molecule has 5 rings (SSSR count). The predicted octanol–water partition coefficient (Wildman–Crippen LogP) is 4.53. The van der Waals surface area contributed by atoms with Gasteiger partial charge in [0.05, 0.1) is 11.0 Å². The molecule has 2 aliphatic rings. The highest BCUT2D eigenvalue weighted by Gasteiger charge is 2.29.